The van der Waals surface area contributed by atoms with Crippen LogP contribution < -0.4 is 10.1 Å². The maximum Gasteiger partial charge on any atom is 0.264 e. The van der Waals surface area contributed by atoms with Crippen LogP contribution in [0.3, 0.4) is 0 Å². The zero-order valence-electron chi connectivity index (χ0n) is 15.6. The number of ketones is 1. The first-order valence-electron chi connectivity index (χ1n) is 8.82. The molecule has 1 N–H and O–H groups in total. The molecule has 0 saturated carbocycles. The molecule has 0 aliphatic rings. The summed E-state index contributed by atoms with van der Waals surface area (Å²) in [7, 11) is 0. The first-order chi connectivity index (χ1) is 13.9. The molecule has 1 aromatic heterocycles. The number of carbonyl (C=O) groups is 2. The van der Waals surface area contributed by atoms with E-state index in [1.807, 2.05) is 12.1 Å². The number of thiazole rings is 1. The largest absolute Gasteiger partial charge is 0.484 e. The molecule has 0 aliphatic heterocycles. The summed E-state index contributed by atoms with van der Waals surface area (Å²) in [6.07, 6.45) is 1.15. The average Bonchev–Trinajstić information content (AvgIpc) is 3.15. The number of Topliss-reactive ketones (excluding diaryl/α,β-unsaturated/α-hetero) is 1. The predicted molar refractivity (Wildman–Crippen MR) is 107 cm³/mol. The topological polar surface area (TPSA) is 68.3 Å². The molecule has 1 amide bonds. The normalized spacial score (nSPS) is 10.6. The van der Waals surface area contributed by atoms with E-state index in [4.69, 9.17) is 4.74 Å². The van der Waals surface area contributed by atoms with Crippen molar-refractivity contribution in [2.45, 2.75) is 19.8 Å². The second kappa shape index (κ2) is 9.38. The maximum absolute atomic E-state index is 13.8. The minimum Gasteiger partial charge on any atom is -0.484 e. The van der Waals surface area contributed by atoms with Crippen molar-refractivity contribution in [1.29, 1.82) is 0 Å². The van der Waals surface area contributed by atoms with E-state index in [1.54, 1.807) is 19.1 Å². The first kappa shape index (κ1) is 20.6. The number of carbonyl (C=O) groups excluding carboxylic acids is 2. The Hall–Kier alpha value is -3.13. The van der Waals surface area contributed by atoms with E-state index < -0.39 is 17.5 Å². The molecule has 5 nitrogen and oxygen atoms in total. The summed E-state index contributed by atoms with van der Waals surface area (Å²) >= 11 is 1.10. The average molecular weight is 416 g/mol. The lowest BCUT2D eigenvalue weighted by atomic mass is 10.1. The number of aryl methyl sites for hydroxylation is 1. The number of anilines is 1. The van der Waals surface area contributed by atoms with Gasteiger partial charge in [0.2, 0.25) is 0 Å². The number of amides is 1. The molecule has 150 valence electrons. The number of benzene rings is 2. The molecule has 8 heteroatoms. The summed E-state index contributed by atoms with van der Waals surface area (Å²) in [5, 5.41) is 4.37. The Morgan fingerprint density at radius 1 is 1.14 bits per heavy atom. The Balaban J connectivity index is 1.53. The number of nitrogens with one attached hydrogen (secondary N) is 1. The minimum absolute atomic E-state index is 0.0304. The van der Waals surface area contributed by atoms with Crippen molar-refractivity contribution in [1.82, 2.24) is 4.98 Å². The van der Waals surface area contributed by atoms with Gasteiger partial charge >= 0.3 is 0 Å². The molecule has 0 radical (unpaired) electrons. The highest BCUT2D eigenvalue weighted by Gasteiger charge is 2.12. The van der Waals surface area contributed by atoms with Gasteiger partial charge in [-0.25, -0.2) is 13.8 Å². The fraction of sp³-hybridized carbons (Fsp3) is 0.190. The second-order valence-electron chi connectivity index (χ2n) is 6.34. The Kier molecular flexibility index (Phi) is 6.66. The third-order valence-corrected chi connectivity index (χ3v) is 4.77. The SMILES string of the molecule is CC(=O)CCc1ccc(OCC(=O)Nc2nc(-c3cc(F)ccc3F)cs2)cc1. The van der Waals surface area contributed by atoms with Gasteiger partial charge in [-0.05, 0) is 49.2 Å². The quantitative estimate of drug-likeness (QED) is 0.582. The number of hydrogen-bond acceptors (Lipinski definition) is 5. The molecule has 0 bridgehead atoms. The summed E-state index contributed by atoms with van der Waals surface area (Å²) in [6, 6.07) is 10.3. The summed E-state index contributed by atoms with van der Waals surface area (Å²) in [4.78, 5) is 27.2. The molecule has 0 saturated heterocycles. The van der Waals surface area contributed by atoms with Gasteiger partial charge in [0.05, 0.1) is 5.69 Å². The zero-order chi connectivity index (χ0) is 20.8. The third-order valence-electron chi connectivity index (χ3n) is 4.01. The fourth-order valence-corrected chi connectivity index (χ4v) is 3.25. The van der Waals surface area contributed by atoms with Crippen molar-refractivity contribution in [3.63, 3.8) is 0 Å². The predicted octanol–water partition coefficient (Wildman–Crippen LogP) is 4.63. The van der Waals surface area contributed by atoms with Crippen LogP contribution in [0.25, 0.3) is 11.3 Å². The van der Waals surface area contributed by atoms with Gasteiger partial charge in [-0.15, -0.1) is 11.3 Å². The number of aromatic nitrogens is 1. The van der Waals surface area contributed by atoms with Crippen LogP contribution in [0.4, 0.5) is 13.9 Å². The van der Waals surface area contributed by atoms with Gasteiger partial charge in [0.25, 0.3) is 5.91 Å². The Labute approximate surface area is 170 Å². The van der Waals surface area contributed by atoms with Crippen LogP contribution in [0.5, 0.6) is 5.75 Å². The van der Waals surface area contributed by atoms with E-state index >= 15 is 0 Å². The molecule has 3 rings (SSSR count). The van der Waals surface area contributed by atoms with E-state index in [2.05, 4.69) is 10.3 Å². The smallest absolute Gasteiger partial charge is 0.264 e. The summed E-state index contributed by atoms with van der Waals surface area (Å²) < 4.78 is 32.6. The molecule has 0 atom stereocenters. The zero-order valence-corrected chi connectivity index (χ0v) is 16.4. The number of nitrogens with zero attached hydrogens (tertiary/aromatic N) is 1. The molecule has 0 spiro atoms. The van der Waals surface area contributed by atoms with Crippen molar-refractivity contribution in [3.8, 4) is 17.0 Å². The van der Waals surface area contributed by atoms with Crippen molar-refractivity contribution in [3.05, 3.63) is 65.0 Å². The lowest BCUT2D eigenvalue weighted by molar-refractivity contribution is -0.118. The van der Waals surface area contributed by atoms with Crippen molar-refractivity contribution >= 4 is 28.2 Å². The van der Waals surface area contributed by atoms with Crippen LogP contribution in [0.15, 0.2) is 47.8 Å². The molecule has 0 fully saturated rings. The third kappa shape index (κ3) is 5.92. The highest BCUT2D eigenvalue weighted by molar-refractivity contribution is 7.14. The van der Waals surface area contributed by atoms with Gasteiger partial charge in [0.1, 0.15) is 23.2 Å². The van der Waals surface area contributed by atoms with Crippen LogP contribution in [0.1, 0.15) is 18.9 Å². The van der Waals surface area contributed by atoms with E-state index in [1.165, 1.54) is 5.38 Å². The maximum atomic E-state index is 13.8. The van der Waals surface area contributed by atoms with Crippen LogP contribution >= 0.6 is 11.3 Å². The summed E-state index contributed by atoms with van der Waals surface area (Å²) in [5.41, 5.74) is 1.28. The highest BCUT2D eigenvalue weighted by atomic mass is 32.1. The van der Waals surface area contributed by atoms with Gasteiger partial charge in [-0.1, -0.05) is 12.1 Å². The van der Waals surface area contributed by atoms with Gasteiger partial charge in [0.15, 0.2) is 11.7 Å². The lowest BCUT2D eigenvalue weighted by Gasteiger charge is -2.07. The van der Waals surface area contributed by atoms with Crippen molar-refractivity contribution < 1.29 is 23.1 Å². The molecular formula is C21H18F2N2O3S. The van der Waals surface area contributed by atoms with E-state index in [0.717, 1.165) is 35.1 Å². The van der Waals surface area contributed by atoms with Crippen LogP contribution in [-0.2, 0) is 16.0 Å². The van der Waals surface area contributed by atoms with Crippen LogP contribution in [0.2, 0.25) is 0 Å². The number of rotatable bonds is 8. The Morgan fingerprint density at radius 2 is 1.90 bits per heavy atom. The minimum atomic E-state index is -0.593. The fourth-order valence-electron chi connectivity index (χ4n) is 2.53. The van der Waals surface area contributed by atoms with Gasteiger partial charge in [-0.3, -0.25) is 10.1 Å². The Bertz CT molecular complexity index is 1020. The van der Waals surface area contributed by atoms with Crippen molar-refractivity contribution in [2.24, 2.45) is 0 Å². The molecule has 0 aliphatic carbocycles. The summed E-state index contributed by atoms with van der Waals surface area (Å²) in [5.74, 6) is -0.933. The number of hydrogen-bond donors (Lipinski definition) is 1. The van der Waals surface area contributed by atoms with Crippen LogP contribution in [0, 0.1) is 11.6 Å². The number of halogens is 2. The van der Waals surface area contributed by atoms with E-state index in [-0.39, 0.29) is 28.8 Å². The molecule has 0 unspecified atom stereocenters. The highest BCUT2D eigenvalue weighted by Crippen LogP contribution is 2.27. The Morgan fingerprint density at radius 3 is 2.62 bits per heavy atom. The van der Waals surface area contributed by atoms with E-state index in [0.29, 0.717) is 18.6 Å². The molecule has 2 aromatic carbocycles. The van der Waals surface area contributed by atoms with E-state index in [9.17, 15) is 18.4 Å². The molecule has 1 heterocycles. The molecule has 29 heavy (non-hydrogen) atoms. The molecule has 3 aromatic rings. The van der Waals surface area contributed by atoms with Crippen LogP contribution in [-0.4, -0.2) is 23.3 Å². The van der Waals surface area contributed by atoms with Crippen molar-refractivity contribution in [2.75, 3.05) is 11.9 Å². The second-order valence-corrected chi connectivity index (χ2v) is 7.20. The number of ether oxygens (including phenoxy) is 1. The monoisotopic (exact) mass is 416 g/mol. The van der Waals surface area contributed by atoms with Gasteiger partial charge in [0, 0.05) is 17.4 Å². The molecular weight excluding hydrogens is 398 g/mol. The summed E-state index contributed by atoms with van der Waals surface area (Å²) in [6.45, 7) is 1.33. The van der Waals surface area contributed by atoms with Gasteiger partial charge < -0.3 is 9.53 Å². The standard InChI is InChI=1S/C21H18F2N2O3S/c1-13(26)2-3-14-4-7-16(8-5-14)28-11-20(27)25-21-24-19(12-29-21)17-10-15(22)6-9-18(17)23/h4-10,12H,2-3,11H2,1H3,(H,24,25,27). The van der Waals surface area contributed by atoms with Gasteiger partial charge in [-0.2, -0.15) is 0 Å². The lowest BCUT2D eigenvalue weighted by Crippen LogP contribution is -2.20. The first-order valence-corrected chi connectivity index (χ1v) is 9.70.